The molecule has 80 valence electrons. The highest BCUT2D eigenvalue weighted by Crippen LogP contribution is 2.28. The molecule has 0 aromatic heterocycles. The predicted octanol–water partition coefficient (Wildman–Crippen LogP) is 2.71. The first-order chi connectivity index (χ1) is 7.31. The van der Waals surface area contributed by atoms with Gasteiger partial charge in [-0.15, -0.1) is 0 Å². The van der Waals surface area contributed by atoms with E-state index in [1.165, 1.54) is 5.69 Å². The van der Waals surface area contributed by atoms with Crippen molar-refractivity contribution >= 4 is 21.6 Å². The third kappa shape index (κ3) is 2.41. The Bertz CT molecular complexity index is 376. The van der Waals surface area contributed by atoms with Crippen molar-refractivity contribution in [3.8, 4) is 0 Å². The van der Waals surface area contributed by atoms with Crippen LogP contribution in [0.4, 0.5) is 5.69 Å². The second kappa shape index (κ2) is 4.81. The lowest BCUT2D eigenvalue weighted by Crippen LogP contribution is -2.26. The number of hydrogen-bond donors (Lipinski definition) is 1. The van der Waals surface area contributed by atoms with Gasteiger partial charge < -0.3 is 10.0 Å². The van der Waals surface area contributed by atoms with Gasteiger partial charge in [0.1, 0.15) is 0 Å². The van der Waals surface area contributed by atoms with Crippen molar-refractivity contribution in [1.82, 2.24) is 0 Å². The van der Waals surface area contributed by atoms with Gasteiger partial charge in [0.2, 0.25) is 0 Å². The molecule has 0 amide bonds. The summed E-state index contributed by atoms with van der Waals surface area (Å²) in [5.74, 6) is 0. The van der Waals surface area contributed by atoms with Gasteiger partial charge in [0.25, 0.3) is 0 Å². The van der Waals surface area contributed by atoms with Crippen LogP contribution in [0.25, 0.3) is 0 Å². The maximum absolute atomic E-state index is 9.02. The Labute approximate surface area is 98.3 Å². The lowest BCUT2D eigenvalue weighted by atomic mass is 10.1. The van der Waals surface area contributed by atoms with Gasteiger partial charge in [-0.1, -0.05) is 18.2 Å². The van der Waals surface area contributed by atoms with Crippen LogP contribution in [0.15, 0.2) is 34.8 Å². The topological polar surface area (TPSA) is 23.5 Å². The van der Waals surface area contributed by atoms with Crippen molar-refractivity contribution in [2.45, 2.75) is 13.0 Å². The number of hydrogen-bond acceptors (Lipinski definition) is 2. The zero-order valence-corrected chi connectivity index (χ0v) is 10.1. The van der Waals surface area contributed by atoms with E-state index in [-0.39, 0.29) is 6.61 Å². The van der Waals surface area contributed by atoms with Crippen molar-refractivity contribution in [3.05, 3.63) is 40.4 Å². The first kappa shape index (κ1) is 10.7. The third-order valence-corrected chi connectivity index (χ3v) is 3.23. The summed E-state index contributed by atoms with van der Waals surface area (Å²) >= 11 is 3.55. The van der Waals surface area contributed by atoms with Crippen LogP contribution in [0.2, 0.25) is 0 Å². The van der Waals surface area contributed by atoms with Crippen LogP contribution in [0.3, 0.4) is 0 Å². The molecule has 0 aliphatic carbocycles. The Morgan fingerprint density at radius 3 is 2.80 bits per heavy atom. The molecule has 2 rings (SSSR count). The van der Waals surface area contributed by atoms with Gasteiger partial charge >= 0.3 is 0 Å². The second-order valence-corrected chi connectivity index (χ2v) is 4.50. The predicted molar refractivity (Wildman–Crippen MR) is 66.0 cm³/mol. The highest BCUT2D eigenvalue weighted by atomic mass is 79.9. The number of rotatable bonds is 2. The minimum atomic E-state index is 0.0960. The van der Waals surface area contributed by atoms with Crippen molar-refractivity contribution in [2.24, 2.45) is 0 Å². The second-order valence-electron chi connectivity index (χ2n) is 3.65. The van der Waals surface area contributed by atoms with Gasteiger partial charge in [-0.25, -0.2) is 0 Å². The number of aliphatic hydroxyl groups excluding tert-OH is 1. The first-order valence-corrected chi connectivity index (χ1v) is 5.90. The van der Waals surface area contributed by atoms with Gasteiger partial charge in [-0.05, 0) is 40.0 Å². The number of halogens is 1. The van der Waals surface area contributed by atoms with E-state index >= 15 is 0 Å². The average molecular weight is 268 g/mol. The summed E-state index contributed by atoms with van der Waals surface area (Å²) in [7, 11) is 0. The van der Waals surface area contributed by atoms with Gasteiger partial charge in [-0.2, -0.15) is 0 Å². The Morgan fingerprint density at radius 1 is 1.33 bits per heavy atom. The van der Waals surface area contributed by atoms with Crippen molar-refractivity contribution in [1.29, 1.82) is 0 Å². The molecule has 15 heavy (non-hydrogen) atoms. The number of nitrogens with zero attached hydrogens (tertiary/aromatic N) is 1. The molecule has 0 unspecified atom stereocenters. The van der Waals surface area contributed by atoms with E-state index in [0.29, 0.717) is 0 Å². The highest BCUT2D eigenvalue weighted by Gasteiger charge is 2.10. The maximum atomic E-state index is 9.02. The van der Waals surface area contributed by atoms with Crippen molar-refractivity contribution < 1.29 is 5.11 Å². The van der Waals surface area contributed by atoms with E-state index in [2.05, 4.69) is 39.0 Å². The van der Waals surface area contributed by atoms with Gasteiger partial charge in [0.05, 0.1) is 12.3 Å². The Morgan fingerprint density at radius 2 is 2.20 bits per heavy atom. The standard InChI is InChI=1S/C12H14BrNO/c13-11-8-10(9-15)4-5-12(11)14-6-2-1-3-7-14/h1-2,4-5,8,15H,3,6-7,9H2. The van der Waals surface area contributed by atoms with E-state index in [4.69, 9.17) is 5.11 Å². The van der Waals surface area contributed by atoms with Crippen LogP contribution in [0.5, 0.6) is 0 Å². The Hall–Kier alpha value is -0.800. The van der Waals surface area contributed by atoms with Crippen molar-refractivity contribution in [3.63, 3.8) is 0 Å². The zero-order chi connectivity index (χ0) is 10.7. The Kier molecular flexibility index (Phi) is 3.44. The van der Waals surface area contributed by atoms with Gasteiger partial charge in [0, 0.05) is 17.6 Å². The molecular weight excluding hydrogens is 254 g/mol. The minimum absolute atomic E-state index is 0.0960. The molecular formula is C12H14BrNO. The summed E-state index contributed by atoms with van der Waals surface area (Å²) in [6.45, 7) is 2.13. The molecule has 2 nitrogen and oxygen atoms in total. The SMILES string of the molecule is OCc1ccc(N2CC=CCC2)c(Br)c1. The number of anilines is 1. The fourth-order valence-electron chi connectivity index (χ4n) is 1.77. The minimum Gasteiger partial charge on any atom is -0.392 e. The van der Waals surface area contributed by atoms with Crippen LogP contribution in [0, 0.1) is 0 Å². The molecule has 1 aliphatic rings. The molecule has 1 heterocycles. The first-order valence-electron chi connectivity index (χ1n) is 5.10. The molecule has 1 aliphatic heterocycles. The lowest BCUT2D eigenvalue weighted by molar-refractivity contribution is 0.282. The summed E-state index contributed by atoms with van der Waals surface area (Å²) in [6, 6.07) is 6.01. The van der Waals surface area contributed by atoms with E-state index < -0.39 is 0 Å². The summed E-state index contributed by atoms with van der Waals surface area (Å²) in [5, 5.41) is 9.02. The van der Waals surface area contributed by atoms with Crippen LogP contribution in [0.1, 0.15) is 12.0 Å². The average Bonchev–Trinajstić information content (AvgIpc) is 2.30. The van der Waals surface area contributed by atoms with Crippen LogP contribution in [-0.4, -0.2) is 18.2 Å². The number of aliphatic hydroxyl groups is 1. The molecule has 0 saturated heterocycles. The van der Waals surface area contributed by atoms with Crippen LogP contribution in [-0.2, 0) is 6.61 Å². The smallest absolute Gasteiger partial charge is 0.0682 e. The van der Waals surface area contributed by atoms with Crippen molar-refractivity contribution in [2.75, 3.05) is 18.0 Å². The molecule has 1 aromatic carbocycles. The quantitative estimate of drug-likeness (QED) is 0.834. The molecule has 0 fully saturated rings. The van der Waals surface area contributed by atoms with E-state index in [0.717, 1.165) is 29.5 Å². The normalized spacial score (nSPS) is 15.7. The van der Waals surface area contributed by atoms with Gasteiger partial charge in [-0.3, -0.25) is 0 Å². The molecule has 0 atom stereocenters. The molecule has 0 saturated carbocycles. The third-order valence-electron chi connectivity index (χ3n) is 2.59. The highest BCUT2D eigenvalue weighted by molar-refractivity contribution is 9.10. The summed E-state index contributed by atoms with van der Waals surface area (Å²) in [5.41, 5.74) is 2.15. The zero-order valence-electron chi connectivity index (χ0n) is 8.49. The van der Waals surface area contributed by atoms with Crippen LogP contribution >= 0.6 is 15.9 Å². The summed E-state index contributed by atoms with van der Waals surface area (Å²) in [6.07, 6.45) is 5.51. The number of benzene rings is 1. The lowest BCUT2D eigenvalue weighted by Gasteiger charge is -2.26. The maximum Gasteiger partial charge on any atom is 0.0682 e. The van der Waals surface area contributed by atoms with E-state index in [1.807, 2.05) is 12.1 Å². The van der Waals surface area contributed by atoms with E-state index in [9.17, 15) is 0 Å². The fourth-order valence-corrected chi connectivity index (χ4v) is 2.44. The largest absolute Gasteiger partial charge is 0.392 e. The van der Waals surface area contributed by atoms with E-state index in [1.54, 1.807) is 0 Å². The van der Waals surface area contributed by atoms with Crippen LogP contribution < -0.4 is 4.90 Å². The monoisotopic (exact) mass is 267 g/mol. The molecule has 0 radical (unpaired) electrons. The molecule has 0 spiro atoms. The molecule has 3 heteroatoms. The fraction of sp³-hybridized carbons (Fsp3) is 0.333. The molecule has 0 bridgehead atoms. The summed E-state index contributed by atoms with van der Waals surface area (Å²) < 4.78 is 1.06. The van der Waals surface area contributed by atoms with Gasteiger partial charge in [0.15, 0.2) is 0 Å². The Balaban J connectivity index is 2.24. The summed E-state index contributed by atoms with van der Waals surface area (Å²) in [4.78, 5) is 2.32. The molecule has 1 aromatic rings. The molecule has 1 N–H and O–H groups in total.